The van der Waals surface area contributed by atoms with Crippen LogP contribution in [0.4, 0.5) is 47.1 Å². The first kappa shape index (κ1) is 90.3. The molecule has 0 aliphatic carbocycles. The summed E-state index contributed by atoms with van der Waals surface area (Å²) in [5.41, 5.74) is 31.6. The van der Waals surface area contributed by atoms with Crippen LogP contribution >= 0.6 is 54.0 Å². The summed E-state index contributed by atoms with van der Waals surface area (Å²) in [6.07, 6.45) is 15.7. The van der Waals surface area contributed by atoms with Crippen molar-refractivity contribution in [2.24, 2.45) is 12.8 Å². The second-order valence-corrected chi connectivity index (χ2v) is 22.6. The van der Waals surface area contributed by atoms with E-state index in [0.717, 1.165) is 85.6 Å². The van der Waals surface area contributed by atoms with Crippen molar-refractivity contribution in [3.05, 3.63) is 144 Å². The fraction of sp³-hybridized carbons (Fsp3) is 0.403. The number of hydrogen-bond donors (Lipinski definition) is 14. The number of carboxylic acids is 1. The summed E-state index contributed by atoms with van der Waals surface area (Å²) < 4.78 is 24.8. The van der Waals surface area contributed by atoms with E-state index >= 15 is 0 Å². The number of aliphatic hydroxyl groups excluding tert-OH is 4. The molecule has 0 bridgehead atoms. The zero-order valence-corrected chi connectivity index (χ0v) is 63.0. The number of nitrogens with one attached hydrogen (secondary N) is 4. The van der Waals surface area contributed by atoms with Gasteiger partial charge in [-0.2, -0.15) is 79.0 Å². The van der Waals surface area contributed by atoms with E-state index in [1.165, 1.54) is 36.9 Å². The number of benzene rings is 1. The molecule has 0 aliphatic rings. The van der Waals surface area contributed by atoms with Crippen LogP contribution in [0.3, 0.4) is 0 Å². The molecule has 37 heteroatoms. The number of ether oxygens (including phenoxy) is 4. The zero-order valence-electron chi connectivity index (χ0n) is 59.0. The lowest BCUT2D eigenvalue weighted by Gasteiger charge is -2.19. The highest BCUT2D eigenvalue weighted by atomic mass is 32.1. The molecule has 0 radical (unpaired) electrons. The minimum absolute atomic E-state index is 0. The zero-order chi connectivity index (χ0) is 72.3. The standard InChI is InChI=1S/C19H23N5O2.C17H23N5O4.C16H22N6O3.C15H24N6O2.4H2S/c1-2-5-15(11-25)23-18-17(10-22-19(20)24-18)26-12-16-8-13-6-3-4-7-14(13)9-21-16;1-2-3-5-11(9-23)21-15-14(8-19-17(18)22-15)26-10-12-6-4-7-13(20-12)16(24)25;1-2-4-10(8-23)21-15-13(7-19-16(18)22-15)25-9-11-5-3-6-12(20-11)14(17)24;1-4-5-11(8-22)18-14-13(7-17-15(16)19-14)23-9-12-6-10(2)21(3)20-12;;;;/h3-4,6-10,15,25H,2,5,11-12H2,1H3,(H3,20,22,23,24);4,6-8,11,23H,2-3,5,9-10H2,1H3,(H,24,25)(H3,18,19,21,22);3,5-7,10,23H,2,4,8-9H2,1H3,(H2,17,24)(H3,18,19,21,22);6-7,11,22H,4-5,8-9H2,1-3H3,(H3,16,17,18,19);4*1H2/t15-;11-;10-;11-;;;;/m0000..../s1. The number of primary amides is 1. The largest absolute Gasteiger partial charge is 0.482 e. The number of carboxylic acid groups (broad SMARTS) is 1. The minimum atomic E-state index is -1.10. The average Bonchev–Trinajstić information content (AvgIpc) is 1.03. The van der Waals surface area contributed by atoms with E-state index in [-0.39, 0.29) is 160 Å². The summed E-state index contributed by atoms with van der Waals surface area (Å²) in [7, 11) is 1.88. The van der Waals surface area contributed by atoms with Gasteiger partial charge in [0.15, 0.2) is 46.3 Å². The first-order valence-electron chi connectivity index (χ1n) is 32.6. The summed E-state index contributed by atoms with van der Waals surface area (Å²) in [6, 6.07) is 21.0. The van der Waals surface area contributed by atoms with Crippen molar-refractivity contribution in [1.82, 2.24) is 64.6 Å². The molecule has 0 fully saturated rings. The SMILES string of the molecule is CCCC[C@@H](CO)Nc1nc(N)ncc1OCc1cccc(C(=O)O)n1.CCC[C@@H](CO)Nc1nc(N)ncc1OCc1cc(C)n(C)n1.CCC[C@@H](CO)Nc1nc(N)ncc1OCc1cc2ccccc2cn1.CCC[C@@H](CO)Nc1nc(N)ncc1OCc1cccc(C(N)=O)n1.S.S.S.S. The van der Waals surface area contributed by atoms with Gasteiger partial charge < -0.3 is 94.4 Å². The summed E-state index contributed by atoms with van der Waals surface area (Å²) in [4.78, 5) is 67.2. The number of anilines is 8. The van der Waals surface area contributed by atoms with Gasteiger partial charge in [-0.25, -0.2) is 34.7 Å². The van der Waals surface area contributed by atoms with Crippen molar-refractivity contribution in [3.63, 3.8) is 0 Å². The van der Waals surface area contributed by atoms with Crippen LogP contribution in [0.25, 0.3) is 10.8 Å². The number of fused-ring (bicyclic) bond motifs is 1. The number of hydrogen-bond acceptors (Lipinski definition) is 30. The Morgan fingerprint density at radius 2 is 0.817 bits per heavy atom. The van der Waals surface area contributed by atoms with Crippen LogP contribution in [-0.4, -0.2) is 153 Å². The van der Waals surface area contributed by atoms with Gasteiger partial charge in [0, 0.05) is 24.3 Å². The summed E-state index contributed by atoms with van der Waals surface area (Å²) >= 11 is 0. The molecule has 0 unspecified atom stereocenters. The summed E-state index contributed by atoms with van der Waals surface area (Å²) in [5, 5.41) is 66.0. The van der Waals surface area contributed by atoms with Crippen LogP contribution in [0.2, 0.25) is 0 Å². The van der Waals surface area contributed by atoms with E-state index in [4.69, 9.17) is 52.7 Å². The van der Waals surface area contributed by atoms with E-state index in [1.54, 1.807) is 28.9 Å². The second-order valence-electron chi connectivity index (χ2n) is 22.6. The Labute approximate surface area is 632 Å². The number of aromatic carboxylic acids is 1. The Morgan fingerprint density at radius 3 is 1.17 bits per heavy atom. The van der Waals surface area contributed by atoms with E-state index in [0.29, 0.717) is 64.3 Å². The molecule has 1 aromatic carbocycles. The van der Waals surface area contributed by atoms with Crippen LogP contribution in [0, 0.1) is 6.92 Å². The molecule has 0 aliphatic heterocycles. The molecule has 568 valence electrons. The Bertz CT molecular complexity index is 3990. The number of carbonyl (C=O) groups excluding carboxylic acids is 1. The predicted molar refractivity (Wildman–Crippen MR) is 421 cm³/mol. The molecule has 8 aromatic heterocycles. The molecule has 0 saturated carbocycles. The third-order valence-electron chi connectivity index (χ3n) is 14.6. The molecule has 4 atom stereocenters. The van der Waals surface area contributed by atoms with Crippen LogP contribution in [-0.2, 0) is 33.5 Å². The highest BCUT2D eigenvalue weighted by Gasteiger charge is 2.19. The number of nitrogens with two attached hydrogens (primary N) is 5. The molecule has 19 N–H and O–H groups in total. The average molecular weight is 1520 g/mol. The minimum Gasteiger partial charge on any atom is -0.482 e. The summed E-state index contributed by atoms with van der Waals surface area (Å²) in [6.45, 7) is 10.8. The molecule has 9 aromatic rings. The maximum absolute atomic E-state index is 11.2. The molecule has 104 heavy (non-hydrogen) atoms. The first-order chi connectivity index (χ1) is 48.3. The lowest BCUT2D eigenvalue weighted by Crippen LogP contribution is -2.25. The number of nitrogen functional groups attached to an aromatic ring is 4. The van der Waals surface area contributed by atoms with E-state index in [1.807, 2.05) is 63.5 Å². The molecule has 8 heterocycles. The van der Waals surface area contributed by atoms with Crippen molar-refractivity contribution in [1.29, 1.82) is 0 Å². The quantitative estimate of drug-likeness (QED) is 0.0193. The van der Waals surface area contributed by atoms with Crippen molar-refractivity contribution in [2.75, 3.05) is 70.6 Å². The Balaban J connectivity index is 0.000000466. The number of unbranched alkanes of at least 4 members (excludes halogenated alkanes) is 1. The van der Waals surface area contributed by atoms with Gasteiger partial charge in [0.25, 0.3) is 5.91 Å². The molecule has 9 rings (SSSR count). The number of aromatic nitrogens is 13. The fourth-order valence-corrected chi connectivity index (χ4v) is 9.38. The van der Waals surface area contributed by atoms with Crippen LogP contribution in [0.5, 0.6) is 23.0 Å². The smallest absolute Gasteiger partial charge is 0.354 e. The number of amides is 1. The van der Waals surface area contributed by atoms with Gasteiger partial charge in [0.1, 0.15) is 43.5 Å². The van der Waals surface area contributed by atoms with E-state index in [9.17, 15) is 30.0 Å². The second kappa shape index (κ2) is 48.2. The Morgan fingerprint density at radius 1 is 0.452 bits per heavy atom. The molecular formula is C67H100N22O11S4. The molecule has 0 spiro atoms. The highest BCUT2D eigenvalue weighted by molar-refractivity contribution is 7.59. The normalized spacial score (nSPS) is 11.5. The van der Waals surface area contributed by atoms with E-state index in [2.05, 4.69) is 102 Å². The maximum Gasteiger partial charge on any atom is 0.354 e. The Hall–Kier alpha value is -9.76. The van der Waals surface area contributed by atoms with Gasteiger partial charge in [-0.1, -0.05) is 96.2 Å². The molecule has 0 saturated heterocycles. The third-order valence-corrected chi connectivity index (χ3v) is 14.6. The number of carbonyl (C=O) groups is 2. The van der Waals surface area contributed by atoms with E-state index < -0.39 is 11.9 Å². The van der Waals surface area contributed by atoms with Crippen molar-refractivity contribution in [3.8, 4) is 23.0 Å². The topological polar surface area (TPSA) is 510 Å². The maximum atomic E-state index is 11.2. The van der Waals surface area contributed by atoms with Crippen LogP contribution < -0.4 is 68.9 Å². The number of rotatable bonds is 35. The lowest BCUT2D eigenvalue weighted by atomic mass is 10.1. The van der Waals surface area contributed by atoms with Gasteiger partial charge in [0.2, 0.25) is 23.8 Å². The number of nitrogens with zero attached hydrogens (tertiary/aromatic N) is 13. The Kier molecular flexibility index (Phi) is 41.9. The monoisotopic (exact) mass is 1520 g/mol. The van der Waals surface area contributed by atoms with Crippen molar-refractivity contribution >= 4 is 124 Å². The van der Waals surface area contributed by atoms with Gasteiger partial charge >= 0.3 is 5.97 Å². The van der Waals surface area contributed by atoms with Gasteiger partial charge in [-0.05, 0) is 74.4 Å². The highest BCUT2D eigenvalue weighted by Crippen LogP contribution is 2.29. The molecule has 33 nitrogen and oxygen atoms in total. The van der Waals surface area contributed by atoms with Gasteiger partial charge in [-0.15, -0.1) is 0 Å². The van der Waals surface area contributed by atoms with Gasteiger partial charge in [0.05, 0.1) is 92.5 Å². The third kappa shape index (κ3) is 30.3. The fourth-order valence-electron chi connectivity index (χ4n) is 9.38. The summed E-state index contributed by atoms with van der Waals surface area (Å²) in [5.74, 6) is 2.18. The van der Waals surface area contributed by atoms with Gasteiger partial charge in [-0.3, -0.25) is 14.5 Å². The van der Waals surface area contributed by atoms with Crippen LogP contribution in [0.1, 0.15) is 135 Å². The van der Waals surface area contributed by atoms with Crippen molar-refractivity contribution in [2.45, 2.75) is 143 Å². The number of pyridine rings is 3. The molecular weight excluding hydrogens is 1420 g/mol. The first-order valence-corrected chi connectivity index (χ1v) is 32.6. The number of aryl methyl sites for hydroxylation is 2. The number of aliphatic hydroxyl groups is 4. The van der Waals surface area contributed by atoms with Crippen LogP contribution in [0.15, 0.2) is 104 Å². The predicted octanol–water partition coefficient (Wildman–Crippen LogP) is 6.86. The molecule has 1 amide bonds. The lowest BCUT2D eigenvalue weighted by molar-refractivity contribution is 0.0689. The van der Waals surface area contributed by atoms with Crippen molar-refractivity contribution < 1.29 is 54.1 Å².